The number of hydrogen-bond donors (Lipinski definition) is 1. The molecule has 5 aromatic rings. The molecule has 1 heterocycles. The van der Waals surface area contributed by atoms with Crippen molar-refractivity contribution in [1.29, 1.82) is 0 Å². The molecule has 1 radical (unpaired) electrons. The smallest absolute Gasteiger partial charge is 0.416 e. The summed E-state index contributed by atoms with van der Waals surface area (Å²) in [5.74, 6) is -0.00764. The number of amides is 1. The number of nitrogens with two attached hydrogens (primary N) is 1. The molecule has 5 rings (SSSR count). The maximum Gasteiger partial charge on any atom is 0.416 e. The van der Waals surface area contributed by atoms with Crippen molar-refractivity contribution in [1.82, 2.24) is 4.57 Å². The van der Waals surface area contributed by atoms with E-state index in [2.05, 4.69) is 6.07 Å². The van der Waals surface area contributed by atoms with Gasteiger partial charge in [0.15, 0.2) is 0 Å². The average Bonchev–Trinajstić information content (AvgIpc) is 3.16. The van der Waals surface area contributed by atoms with Gasteiger partial charge in [-0.05, 0) is 53.6 Å². The Hall–Kier alpha value is -4.26. The van der Waals surface area contributed by atoms with E-state index >= 15 is 0 Å². The predicted molar refractivity (Wildman–Crippen MR) is 128 cm³/mol. The number of nitrogens with zero attached hydrogens (tertiary/aromatic N) is 1. The summed E-state index contributed by atoms with van der Waals surface area (Å²) < 4.78 is 48.2. The fourth-order valence-corrected chi connectivity index (χ4v) is 4.25. The number of ether oxygens (including phenoxy) is 1. The van der Waals surface area contributed by atoms with Crippen LogP contribution in [0.15, 0.2) is 84.9 Å². The highest BCUT2D eigenvalue weighted by atomic mass is 19.4. The first-order chi connectivity index (χ1) is 16.8. The van der Waals surface area contributed by atoms with Crippen molar-refractivity contribution in [2.75, 3.05) is 0 Å². The Morgan fingerprint density at radius 1 is 0.914 bits per heavy atom. The number of primary amides is 1. The van der Waals surface area contributed by atoms with Gasteiger partial charge < -0.3 is 15.0 Å². The molecule has 35 heavy (non-hydrogen) atoms. The summed E-state index contributed by atoms with van der Waals surface area (Å²) in [5.41, 5.74) is 7.77. The summed E-state index contributed by atoms with van der Waals surface area (Å²) in [7, 11) is 0. The summed E-state index contributed by atoms with van der Waals surface area (Å²) in [5, 5.41) is 0.902. The van der Waals surface area contributed by atoms with Crippen LogP contribution in [-0.2, 0) is 19.3 Å². The van der Waals surface area contributed by atoms with Gasteiger partial charge in [-0.3, -0.25) is 4.79 Å². The third-order valence-corrected chi connectivity index (χ3v) is 5.87. The first-order valence-electron chi connectivity index (χ1n) is 10.9. The number of fused-ring (bicyclic) bond motifs is 3. The fraction of sp³-hybridized carbons (Fsp3) is 0.107. The zero-order valence-electron chi connectivity index (χ0n) is 18.5. The summed E-state index contributed by atoms with van der Waals surface area (Å²) in [4.78, 5) is 12.1. The molecule has 1 amide bonds. The first kappa shape index (κ1) is 22.5. The largest absolute Gasteiger partial charge is 0.489 e. The minimum absolute atomic E-state index is 0.238. The summed E-state index contributed by atoms with van der Waals surface area (Å²) in [6.07, 6.45) is -4.52. The predicted octanol–water partition coefficient (Wildman–Crippen LogP) is 6.34. The van der Waals surface area contributed by atoms with Crippen molar-refractivity contribution in [2.24, 2.45) is 5.73 Å². The second kappa shape index (κ2) is 8.83. The van der Waals surface area contributed by atoms with E-state index in [1.165, 1.54) is 0 Å². The Balaban J connectivity index is 1.59. The van der Waals surface area contributed by atoms with Gasteiger partial charge in [0.2, 0.25) is 5.91 Å². The maximum atomic E-state index is 13.5. The van der Waals surface area contributed by atoms with Crippen molar-refractivity contribution in [2.45, 2.75) is 19.3 Å². The molecule has 0 aliphatic rings. The molecule has 2 N–H and O–H groups in total. The van der Waals surface area contributed by atoms with Crippen molar-refractivity contribution in [3.8, 4) is 5.75 Å². The molecule has 4 nitrogen and oxygen atoms in total. The minimum Gasteiger partial charge on any atom is -0.489 e. The number of alkyl halides is 3. The van der Waals surface area contributed by atoms with E-state index in [1.54, 1.807) is 22.8 Å². The van der Waals surface area contributed by atoms with E-state index in [1.807, 2.05) is 54.6 Å². The maximum absolute atomic E-state index is 13.5. The number of carbonyl (C=O) groups excluding carboxylic acids is 1. The van der Waals surface area contributed by atoms with Crippen LogP contribution in [0, 0.1) is 6.07 Å². The van der Waals surface area contributed by atoms with Gasteiger partial charge in [0.25, 0.3) is 0 Å². The van der Waals surface area contributed by atoms with Crippen molar-refractivity contribution >= 4 is 27.7 Å². The highest BCUT2D eigenvalue weighted by molar-refractivity contribution is 6.17. The standard InChI is InChI=1S/C28H20F3N2O2/c29-28(30,31)20-12-13-22-25(15-20)33(24-11-5-10-23(26(22)24)27(32)34)16-19-8-4-9-21(14-19)35-17-18-6-2-1-3-7-18/h1-12,14-15H,16-17H2,(H2,32,34). The third kappa shape index (κ3) is 4.45. The Morgan fingerprint density at radius 2 is 1.66 bits per heavy atom. The molecule has 7 heteroatoms. The van der Waals surface area contributed by atoms with Crippen LogP contribution in [0.25, 0.3) is 21.8 Å². The molecule has 0 saturated heterocycles. The number of carbonyl (C=O) groups is 1. The fourth-order valence-electron chi connectivity index (χ4n) is 4.25. The lowest BCUT2D eigenvalue weighted by molar-refractivity contribution is -0.137. The van der Waals surface area contributed by atoms with Crippen LogP contribution in [0.3, 0.4) is 0 Å². The van der Waals surface area contributed by atoms with E-state index in [4.69, 9.17) is 10.5 Å². The summed E-state index contributed by atoms with van der Waals surface area (Å²) in [6.45, 7) is 0.658. The Labute approximate surface area is 199 Å². The van der Waals surface area contributed by atoms with Gasteiger partial charge in [0.1, 0.15) is 12.4 Å². The van der Waals surface area contributed by atoms with Crippen molar-refractivity contribution in [3.05, 3.63) is 113 Å². The van der Waals surface area contributed by atoms with Crippen LogP contribution in [0.2, 0.25) is 0 Å². The van der Waals surface area contributed by atoms with Gasteiger partial charge in [0.05, 0.1) is 16.6 Å². The highest BCUT2D eigenvalue weighted by Gasteiger charge is 2.31. The highest BCUT2D eigenvalue weighted by Crippen LogP contribution is 2.37. The second-order valence-corrected chi connectivity index (χ2v) is 8.22. The molecule has 0 unspecified atom stereocenters. The van der Waals surface area contributed by atoms with E-state index < -0.39 is 17.6 Å². The average molecular weight is 473 g/mol. The molecule has 0 aliphatic carbocycles. The molecule has 0 aliphatic heterocycles. The molecule has 175 valence electrons. The molecular weight excluding hydrogens is 453 g/mol. The van der Waals surface area contributed by atoms with E-state index in [9.17, 15) is 18.0 Å². The molecule has 0 saturated carbocycles. The molecule has 0 spiro atoms. The number of hydrogen-bond acceptors (Lipinski definition) is 2. The SMILES string of the molecule is NC(=O)c1cccc2c1c1[c]cc(C(F)(F)F)cc1n2Cc1cccc(OCc2ccccc2)c1. The molecule has 1 aromatic heterocycles. The summed E-state index contributed by atoms with van der Waals surface area (Å²) in [6, 6.07) is 26.9. The van der Waals surface area contributed by atoms with Crippen LogP contribution in [0.1, 0.15) is 27.0 Å². The van der Waals surface area contributed by atoms with Gasteiger partial charge in [-0.15, -0.1) is 0 Å². The van der Waals surface area contributed by atoms with Gasteiger partial charge in [-0.25, -0.2) is 0 Å². The van der Waals surface area contributed by atoms with Gasteiger partial charge >= 0.3 is 6.18 Å². The normalized spacial score (nSPS) is 11.7. The lowest BCUT2D eigenvalue weighted by Crippen LogP contribution is -2.11. The number of benzene rings is 4. The van der Waals surface area contributed by atoms with Gasteiger partial charge in [-0.2, -0.15) is 13.2 Å². The van der Waals surface area contributed by atoms with Crippen molar-refractivity contribution < 1.29 is 22.7 Å². The lowest BCUT2D eigenvalue weighted by Gasteiger charge is -2.12. The van der Waals surface area contributed by atoms with E-state index in [0.717, 1.165) is 23.3 Å². The van der Waals surface area contributed by atoms with Crippen molar-refractivity contribution in [3.63, 3.8) is 0 Å². The monoisotopic (exact) mass is 473 g/mol. The number of aromatic nitrogens is 1. The zero-order chi connectivity index (χ0) is 24.6. The van der Waals surface area contributed by atoms with E-state index in [-0.39, 0.29) is 12.1 Å². The molecule has 0 atom stereocenters. The third-order valence-electron chi connectivity index (χ3n) is 5.87. The zero-order valence-corrected chi connectivity index (χ0v) is 18.5. The lowest BCUT2D eigenvalue weighted by atomic mass is 10.0. The number of halogens is 3. The summed E-state index contributed by atoms with van der Waals surface area (Å²) >= 11 is 0. The van der Waals surface area contributed by atoms with Crippen LogP contribution in [0.4, 0.5) is 13.2 Å². The van der Waals surface area contributed by atoms with Gasteiger partial charge in [0, 0.05) is 22.9 Å². The molecule has 0 fully saturated rings. The van der Waals surface area contributed by atoms with Crippen LogP contribution in [-0.4, -0.2) is 10.5 Å². The second-order valence-electron chi connectivity index (χ2n) is 8.22. The van der Waals surface area contributed by atoms with E-state index in [0.29, 0.717) is 34.2 Å². The first-order valence-corrected chi connectivity index (χ1v) is 10.9. The van der Waals surface area contributed by atoms with Crippen LogP contribution >= 0.6 is 0 Å². The topological polar surface area (TPSA) is 57.2 Å². The minimum atomic E-state index is -4.52. The molecule has 4 aromatic carbocycles. The Morgan fingerprint density at radius 3 is 2.40 bits per heavy atom. The van der Waals surface area contributed by atoms with Crippen LogP contribution in [0.5, 0.6) is 5.75 Å². The van der Waals surface area contributed by atoms with Crippen LogP contribution < -0.4 is 10.5 Å². The Bertz CT molecular complexity index is 1540. The quantitative estimate of drug-likeness (QED) is 0.313. The molecule has 0 bridgehead atoms. The number of rotatable bonds is 6. The van der Waals surface area contributed by atoms with Gasteiger partial charge in [-0.1, -0.05) is 48.5 Å². The Kier molecular flexibility index (Phi) is 5.68. The molecular formula is C28H20F3N2O2.